The topological polar surface area (TPSA) is 27.7 Å². The predicted molar refractivity (Wildman–Crippen MR) is 149 cm³/mol. The molecule has 1 fully saturated rings. The minimum Gasteiger partial charge on any atom is -0.490 e. The van der Waals surface area contributed by atoms with Crippen LogP contribution >= 0.6 is 0 Å². The molecule has 0 atom stereocenters. The highest BCUT2D eigenvalue weighted by Gasteiger charge is 2.24. The number of unbranched alkanes of at least 4 members (excludes halogenated alkanes) is 5. The Hall–Kier alpha value is -2.83. The van der Waals surface area contributed by atoms with Gasteiger partial charge in [-0.15, -0.1) is 0 Å². The highest BCUT2D eigenvalue weighted by atomic mass is 19.2. The third-order valence-electron chi connectivity index (χ3n) is 7.24. The second-order valence-electron chi connectivity index (χ2n) is 10.3. The maximum absolute atomic E-state index is 15.0. The fourth-order valence-electron chi connectivity index (χ4n) is 4.98. The van der Waals surface area contributed by atoms with Crippen molar-refractivity contribution in [3.8, 4) is 28.0 Å². The summed E-state index contributed by atoms with van der Waals surface area (Å²) in [4.78, 5) is 0. The molecule has 0 spiro atoms. The van der Waals surface area contributed by atoms with Crippen LogP contribution < -0.4 is 4.74 Å². The van der Waals surface area contributed by atoms with Gasteiger partial charge in [-0.1, -0.05) is 88.8 Å². The highest BCUT2D eigenvalue weighted by molar-refractivity contribution is 5.71. The minimum atomic E-state index is -0.989. The molecular formula is C33H39F3O3. The summed E-state index contributed by atoms with van der Waals surface area (Å²) in [7, 11) is 0. The first-order valence-corrected chi connectivity index (χ1v) is 14.3. The van der Waals surface area contributed by atoms with Crippen molar-refractivity contribution in [2.45, 2.75) is 71.5 Å². The first-order chi connectivity index (χ1) is 19.0. The Morgan fingerprint density at radius 3 is 2.03 bits per heavy atom. The van der Waals surface area contributed by atoms with Crippen LogP contribution in [0.4, 0.5) is 13.2 Å². The van der Waals surface area contributed by atoms with Crippen molar-refractivity contribution in [2.24, 2.45) is 5.92 Å². The van der Waals surface area contributed by atoms with Crippen LogP contribution in [0, 0.1) is 23.4 Å². The van der Waals surface area contributed by atoms with Crippen LogP contribution in [0.15, 0.2) is 54.6 Å². The monoisotopic (exact) mass is 540 g/mol. The smallest absolute Gasteiger partial charge is 0.201 e. The third-order valence-corrected chi connectivity index (χ3v) is 7.24. The summed E-state index contributed by atoms with van der Waals surface area (Å²) < 4.78 is 61.8. The van der Waals surface area contributed by atoms with Gasteiger partial charge < -0.3 is 14.2 Å². The van der Waals surface area contributed by atoms with Crippen LogP contribution in [0.5, 0.6) is 5.75 Å². The SMILES string of the molecule is CCCCCCCCOc1ccc(-c2ccc(-c3ccc(C4OCC(CCC)CO4)cc3F)cc2)c(F)c1F. The molecule has 1 aliphatic heterocycles. The Balaban J connectivity index is 1.38. The average molecular weight is 541 g/mol. The average Bonchev–Trinajstić information content (AvgIpc) is 2.95. The van der Waals surface area contributed by atoms with E-state index in [9.17, 15) is 8.78 Å². The second-order valence-corrected chi connectivity index (χ2v) is 10.3. The van der Waals surface area contributed by atoms with E-state index in [1.54, 1.807) is 36.4 Å². The Bertz CT molecular complexity index is 1190. The first kappa shape index (κ1) is 29.2. The molecule has 3 aromatic carbocycles. The van der Waals surface area contributed by atoms with E-state index < -0.39 is 23.7 Å². The van der Waals surface area contributed by atoms with Crippen molar-refractivity contribution in [2.75, 3.05) is 19.8 Å². The summed E-state index contributed by atoms with van der Waals surface area (Å²) >= 11 is 0. The maximum atomic E-state index is 15.0. The Kier molecular flexibility index (Phi) is 10.9. The number of hydrogen-bond acceptors (Lipinski definition) is 3. The van der Waals surface area contributed by atoms with E-state index in [4.69, 9.17) is 14.2 Å². The van der Waals surface area contributed by atoms with Crippen molar-refractivity contribution >= 4 is 0 Å². The highest BCUT2D eigenvalue weighted by Crippen LogP contribution is 2.34. The number of ether oxygens (including phenoxy) is 3. The first-order valence-electron chi connectivity index (χ1n) is 14.3. The summed E-state index contributed by atoms with van der Waals surface area (Å²) in [5.74, 6) is -2.03. The van der Waals surface area contributed by atoms with Crippen LogP contribution in [0.25, 0.3) is 22.3 Å². The molecule has 0 radical (unpaired) electrons. The van der Waals surface area contributed by atoms with Crippen LogP contribution in [0.2, 0.25) is 0 Å². The lowest BCUT2D eigenvalue weighted by Gasteiger charge is -2.29. The fourth-order valence-corrected chi connectivity index (χ4v) is 4.98. The van der Waals surface area contributed by atoms with E-state index in [0.29, 0.717) is 48.0 Å². The lowest BCUT2D eigenvalue weighted by Crippen LogP contribution is -2.27. The van der Waals surface area contributed by atoms with Gasteiger partial charge in [-0.05, 0) is 42.2 Å². The quantitative estimate of drug-likeness (QED) is 0.202. The molecule has 0 saturated carbocycles. The lowest BCUT2D eigenvalue weighted by atomic mass is 9.98. The molecule has 3 aromatic rings. The molecule has 210 valence electrons. The molecule has 6 heteroatoms. The van der Waals surface area contributed by atoms with Gasteiger partial charge in [0, 0.05) is 22.6 Å². The van der Waals surface area contributed by atoms with Crippen molar-refractivity contribution in [1.82, 2.24) is 0 Å². The van der Waals surface area contributed by atoms with Crippen LogP contribution in [-0.4, -0.2) is 19.8 Å². The number of benzene rings is 3. The lowest BCUT2D eigenvalue weighted by molar-refractivity contribution is -0.206. The molecule has 0 unspecified atom stereocenters. The molecular weight excluding hydrogens is 501 g/mol. The van der Waals surface area contributed by atoms with Gasteiger partial charge in [-0.3, -0.25) is 0 Å². The molecule has 1 saturated heterocycles. The zero-order chi connectivity index (χ0) is 27.6. The predicted octanol–water partition coefficient (Wildman–Crippen LogP) is 9.64. The second kappa shape index (κ2) is 14.5. The third kappa shape index (κ3) is 7.64. The van der Waals surface area contributed by atoms with Gasteiger partial charge in [-0.2, -0.15) is 4.39 Å². The zero-order valence-corrected chi connectivity index (χ0v) is 23.0. The molecule has 4 rings (SSSR count). The normalized spacial score (nSPS) is 17.4. The van der Waals surface area contributed by atoms with Gasteiger partial charge in [0.15, 0.2) is 17.9 Å². The van der Waals surface area contributed by atoms with Gasteiger partial charge >= 0.3 is 0 Å². The van der Waals surface area contributed by atoms with Gasteiger partial charge in [0.25, 0.3) is 0 Å². The summed E-state index contributed by atoms with van der Waals surface area (Å²) in [5.41, 5.74) is 2.32. The largest absolute Gasteiger partial charge is 0.490 e. The van der Waals surface area contributed by atoms with Gasteiger partial charge in [0.05, 0.1) is 19.8 Å². The van der Waals surface area contributed by atoms with Gasteiger partial charge in [-0.25, -0.2) is 8.78 Å². The van der Waals surface area contributed by atoms with Crippen molar-refractivity contribution in [1.29, 1.82) is 0 Å². The van der Waals surface area contributed by atoms with E-state index in [2.05, 4.69) is 13.8 Å². The van der Waals surface area contributed by atoms with E-state index in [0.717, 1.165) is 32.1 Å². The minimum absolute atomic E-state index is 0.0737. The van der Waals surface area contributed by atoms with E-state index in [1.807, 2.05) is 0 Å². The maximum Gasteiger partial charge on any atom is 0.201 e. The summed E-state index contributed by atoms with van der Waals surface area (Å²) in [6.45, 7) is 5.87. The van der Waals surface area contributed by atoms with Crippen molar-refractivity contribution in [3.63, 3.8) is 0 Å². The van der Waals surface area contributed by atoms with E-state index in [-0.39, 0.29) is 11.3 Å². The molecule has 39 heavy (non-hydrogen) atoms. The van der Waals surface area contributed by atoms with E-state index >= 15 is 4.39 Å². The van der Waals surface area contributed by atoms with Gasteiger partial charge in [0.2, 0.25) is 5.82 Å². The van der Waals surface area contributed by atoms with Crippen LogP contribution in [0.3, 0.4) is 0 Å². The zero-order valence-electron chi connectivity index (χ0n) is 23.0. The molecule has 0 amide bonds. The number of rotatable bonds is 13. The summed E-state index contributed by atoms with van der Waals surface area (Å²) in [6.07, 6.45) is 8.09. The molecule has 1 aliphatic rings. The van der Waals surface area contributed by atoms with Crippen LogP contribution in [-0.2, 0) is 9.47 Å². The van der Waals surface area contributed by atoms with Crippen molar-refractivity contribution in [3.05, 3.63) is 77.6 Å². The Morgan fingerprint density at radius 1 is 0.718 bits per heavy atom. The molecule has 0 aliphatic carbocycles. The molecule has 3 nitrogen and oxygen atoms in total. The fraction of sp³-hybridized carbons (Fsp3) is 0.455. The molecule has 0 aromatic heterocycles. The standard InChI is InChI=1S/C33H39F3O3/c1-3-5-6-7-8-9-19-37-30-18-17-28(31(35)32(30)36)25-13-11-24(12-14-25)27-16-15-26(20-29(27)34)33-38-21-23(10-4-2)22-39-33/h11-18,20,23,33H,3-10,19,21-22H2,1-2H3. The number of hydrogen-bond donors (Lipinski definition) is 0. The van der Waals surface area contributed by atoms with Crippen molar-refractivity contribution < 1.29 is 27.4 Å². The molecule has 0 bridgehead atoms. The number of halogens is 3. The molecule has 0 N–H and O–H groups in total. The summed E-state index contributed by atoms with van der Waals surface area (Å²) in [5, 5.41) is 0. The van der Waals surface area contributed by atoms with Crippen LogP contribution in [0.1, 0.15) is 77.1 Å². The Labute approximate surface area is 230 Å². The Morgan fingerprint density at radius 2 is 1.36 bits per heavy atom. The molecule has 1 heterocycles. The summed E-state index contributed by atoms with van der Waals surface area (Å²) in [6, 6.07) is 14.7. The van der Waals surface area contributed by atoms with Gasteiger partial charge in [0.1, 0.15) is 5.82 Å². The van der Waals surface area contributed by atoms with E-state index in [1.165, 1.54) is 37.5 Å².